The van der Waals surface area contributed by atoms with Gasteiger partial charge in [-0.15, -0.1) is 0 Å². The van der Waals surface area contributed by atoms with E-state index >= 15 is 0 Å². The van der Waals surface area contributed by atoms with Crippen LogP contribution in [0.3, 0.4) is 0 Å². The van der Waals surface area contributed by atoms with E-state index in [9.17, 15) is 4.79 Å². The van der Waals surface area contributed by atoms with E-state index in [2.05, 4.69) is 0 Å². The summed E-state index contributed by atoms with van der Waals surface area (Å²) < 4.78 is 10.2. The molecule has 0 aromatic heterocycles. The quantitative estimate of drug-likeness (QED) is 0.610. The zero-order valence-electron chi connectivity index (χ0n) is 9.77. The van der Waals surface area contributed by atoms with Crippen molar-refractivity contribution < 1.29 is 14.3 Å². The number of carbonyl (C=O) groups is 1. The molecule has 1 aliphatic rings. The van der Waals surface area contributed by atoms with Crippen LogP contribution in [-0.4, -0.2) is 32.3 Å². The van der Waals surface area contributed by atoms with Gasteiger partial charge >= 0.3 is 5.97 Å². The molecule has 1 aromatic carbocycles. The van der Waals surface area contributed by atoms with Gasteiger partial charge in [-0.05, 0) is 25.1 Å². The lowest BCUT2D eigenvalue weighted by molar-refractivity contribution is -0.142. The summed E-state index contributed by atoms with van der Waals surface area (Å²) in [5.41, 5.74) is 0.832. The highest BCUT2D eigenvalue weighted by molar-refractivity contribution is 6.31. The Morgan fingerprint density at radius 3 is 3.00 bits per heavy atom. The summed E-state index contributed by atoms with van der Waals surface area (Å²) in [6.07, 6.45) is 0. The van der Waals surface area contributed by atoms with Crippen LogP contribution in [0.1, 0.15) is 6.92 Å². The summed E-state index contributed by atoms with van der Waals surface area (Å²) in [6.45, 7) is 2.84. The second-order valence-electron chi connectivity index (χ2n) is 3.74. The van der Waals surface area contributed by atoms with E-state index in [4.69, 9.17) is 21.1 Å². The van der Waals surface area contributed by atoms with E-state index < -0.39 is 0 Å². The van der Waals surface area contributed by atoms with E-state index in [1.807, 2.05) is 4.90 Å². The molecule has 1 fully saturated rings. The van der Waals surface area contributed by atoms with Crippen LogP contribution >= 0.6 is 11.6 Å². The molecule has 4 nitrogen and oxygen atoms in total. The van der Waals surface area contributed by atoms with Crippen LogP contribution in [0.4, 0.5) is 5.69 Å². The molecule has 17 heavy (non-hydrogen) atoms. The van der Waals surface area contributed by atoms with Crippen molar-refractivity contribution in [2.24, 2.45) is 0 Å². The first kappa shape index (κ1) is 12.0. The first-order valence-corrected chi connectivity index (χ1v) is 5.82. The van der Waals surface area contributed by atoms with Gasteiger partial charge < -0.3 is 14.4 Å². The summed E-state index contributed by atoms with van der Waals surface area (Å²) >= 11 is 5.94. The Morgan fingerprint density at radius 1 is 1.59 bits per heavy atom. The van der Waals surface area contributed by atoms with Gasteiger partial charge in [0.15, 0.2) is 0 Å². The third kappa shape index (κ3) is 2.47. The number of halogens is 1. The summed E-state index contributed by atoms with van der Waals surface area (Å²) in [6, 6.07) is 5.13. The van der Waals surface area contributed by atoms with Gasteiger partial charge in [-0.2, -0.15) is 0 Å². The topological polar surface area (TPSA) is 38.5 Å². The molecular weight excluding hydrogens is 242 g/mol. The van der Waals surface area contributed by atoms with Gasteiger partial charge in [0, 0.05) is 5.02 Å². The van der Waals surface area contributed by atoms with Gasteiger partial charge in [0.1, 0.15) is 11.8 Å². The van der Waals surface area contributed by atoms with Crippen molar-refractivity contribution in [1.29, 1.82) is 0 Å². The highest BCUT2D eigenvalue weighted by Crippen LogP contribution is 2.38. The average molecular weight is 256 g/mol. The van der Waals surface area contributed by atoms with Gasteiger partial charge in [0.05, 0.1) is 25.9 Å². The minimum atomic E-state index is -0.206. The van der Waals surface area contributed by atoms with Gasteiger partial charge in [-0.25, -0.2) is 4.79 Å². The van der Waals surface area contributed by atoms with Crippen LogP contribution in [0.2, 0.25) is 5.02 Å². The molecule has 0 spiro atoms. The molecule has 0 N–H and O–H groups in total. The maximum absolute atomic E-state index is 11.5. The van der Waals surface area contributed by atoms with Gasteiger partial charge in [0.2, 0.25) is 0 Å². The molecular formula is C12H14ClNO3. The number of carbonyl (C=O) groups excluding carboxylic acids is 1. The summed E-state index contributed by atoms with van der Waals surface area (Å²) in [5, 5.41) is 0.621. The molecule has 0 aliphatic carbocycles. The lowest BCUT2D eigenvalue weighted by Crippen LogP contribution is -2.16. The van der Waals surface area contributed by atoms with Crippen molar-refractivity contribution >= 4 is 23.3 Å². The first-order chi connectivity index (χ1) is 8.17. The number of nitrogens with zero attached hydrogens (tertiary/aromatic N) is 1. The highest BCUT2D eigenvalue weighted by Gasteiger charge is 2.43. The van der Waals surface area contributed by atoms with Crippen molar-refractivity contribution in [3.63, 3.8) is 0 Å². The number of methoxy groups -OCH3 is 1. The summed E-state index contributed by atoms with van der Waals surface area (Å²) in [4.78, 5) is 13.4. The highest BCUT2D eigenvalue weighted by atomic mass is 35.5. The Hall–Kier alpha value is -1.42. The molecule has 1 aromatic rings. The average Bonchev–Trinajstić information content (AvgIpc) is 3.09. The maximum Gasteiger partial charge on any atom is 0.330 e. The van der Waals surface area contributed by atoms with Crippen LogP contribution in [0, 0.1) is 0 Å². The molecule has 0 radical (unpaired) electrons. The van der Waals surface area contributed by atoms with Gasteiger partial charge in [0.25, 0.3) is 0 Å². The van der Waals surface area contributed by atoms with Crippen molar-refractivity contribution in [2.45, 2.75) is 13.0 Å². The number of ether oxygens (including phenoxy) is 2. The molecule has 1 heterocycles. The molecule has 5 heteroatoms. The molecule has 0 amide bonds. The Balaban J connectivity index is 2.14. The Bertz CT molecular complexity index is 436. The second kappa shape index (κ2) is 4.84. The number of hydrogen-bond acceptors (Lipinski definition) is 4. The number of benzene rings is 1. The lowest BCUT2D eigenvalue weighted by atomic mass is 10.3. The van der Waals surface area contributed by atoms with Crippen molar-refractivity contribution in [3.8, 4) is 5.75 Å². The minimum Gasteiger partial charge on any atom is -0.495 e. The van der Waals surface area contributed by atoms with E-state index in [-0.39, 0.29) is 12.0 Å². The Labute approximate surface area is 105 Å². The van der Waals surface area contributed by atoms with Crippen molar-refractivity contribution in [1.82, 2.24) is 0 Å². The number of hydrogen-bond donors (Lipinski definition) is 0. The third-order valence-electron chi connectivity index (χ3n) is 2.62. The van der Waals surface area contributed by atoms with Crippen LogP contribution < -0.4 is 9.64 Å². The zero-order valence-corrected chi connectivity index (χ0v) is 10.5. The van der Waals surface area contributed by atoms with E-state index in [1.165, 1.54) is 0 Å². The van der Waals surface area contributed by atoms with E-state index in [1.54, 1.807) is 32.2 Å². The van der Waals surface area contributed by atoms with Crippen LogP contribution in [0.25, 0.3) is 0 Å². The maximum atomic E-state index is 11.5. The fourth-order valence-electron chi connectivity index (χ4n) is 1.73. The predicted molar refractivity (Wildman–Crippen MR) is 65.8 cm³/mol. The van der Waals surface area contributed by atoms with Gasteiger partial charge in [-0.3, -0.25) is 0 Å². The minimum absolute atomic E-state index is 0.200. The number of anilines is 1. The second-order valence-corrected chi connectivity index (χ2v) is 4.17. The monoisotopic (exact) mass is 255 g/mol. The summed E-state index contributed by atoms with van der Waals surface area (Å²) in [5.74, 6) is 0.510. The fourth-order valence-corrected chi connectivity index (χ4v) is 1.90. The standard InChI is InChI=1S/C12H14ClNO3/c1-3-17-12(15)10-7-14(10)9-6-8(13)4-5-11(9)16-2/h4-6,10H,3,7H2,1-2H3. The molecule has 1 unspecified atom stereocenters. The molecule has 0 bridgehead atoms. The third-order valence-corrected chi connectivity index (χ3v) is 2.86. The van der Waals surface area contributed by atoms with Gasteiger partial charge in [-0.1, -0.05) is 11.6 Å². The lowest BCUT2D eigenvalue weighted by Gasteiger charge is -2.11. The largest absolute Gasteiger partial charge is 0.495 e. The number of esters is 1. The van der Waals surface area contributed by atoms with Crippen molar-refractivity contribution in [3.05, 3.63) is 23.2 Å². The Kier molecular flexibility index (Phi) is 3.43. The number of rotatable bonds is 4. The smallest absolute Gasteiger partial charge is 0.330 e. The molecule has 1 saturated heterocycles. The van der Waals surface area contributed by atoms with E-state index in [0.717, 1.165) is 5.69 Å². The van der Waals surface area contributed by atoms with Crippen LogP contribution in [0.5, 0.6) is 5.75 Å². The SMILES string of the molecule is CCOC(=O)C1CN1c1cc(Cl)ccc1OC. The van der Waals surface area contributed by atoms with Crippen molar-refractivity contribution in [2.75, 3.05) is 25.2 Å². The van der Waals surface area contributed by atoms with E-state index in [0.29, 0.717) is 23.9 Å². The fraction of sp³-hybridized carbons (Fsp3) is 0.417. The Morgan fingerprint density at radius 2 is 2.35 bits per heavy atom. The summed E-state index contributed by atoms with van der Waals surface area (Å²) in [7, 11) is 1.59. The molecule has 1 atom stereocenters. The molecule has 0 saturated carbocycles. The normalized spacial score (nSPS) is 17.8. The van der Waals surface area contributed by atoms with Crippen LogP contribution in [0.15, 0.2) is 18.2 Å². The first-order valence-electron chi connectivity index (χ1n) is 5.44. The molecule has 92 valence electrons. The van der Waals surface area contributed by atoms with Crippen LogP contribution in [-0.2, 0) is 9.53 Å². The molecule has 1 aliphatic heterocycles. The molecule has 2 rings (SSSR count). The predicted octanol–water partition coefficient (Wildman–Crippen LogP) is 2.10. The zero-order chi connectivity index (χ0) is 12.4.